The molecule has 0 spiro atoms. The van der Waals surface area contributed by atoms with E-state index in [1.165, 1.54) is 32.4 Å². The quantitative estimate of drug-likeness (QED) is 0.609. The lowest BCUT2D eigenvalue weighted by molar-refractivity contribution is -0.119. The largest absolute Gasteiger partial charge is 0.493 e. The van der Waals surface area contributed by atoms with Gasteiger partial charge in [-0.1, -0.05) is 6.07 Å². The molecule has 2 aromatic rings. The van der Waals surface area contributed by atoms with Crippen LogP contribution in [0.4, 0.5) is 5.69 Å². The lowest BCUT2D eigenvalue weighted by Crippen LogP contribution is -2.39. The summed E-state index contributed by atoms with van der Waals surface area (Å²) in [6.45, 7) is 3.35. The third-order valence-corrected chi connectivity index (χ3v) is 7.01. The van der Waals surface area contributed by atoms with Crippen LogP contribution in [-0.2, 0) is 14.8 Å². The molecular weight excluding hydrogens is 430 g/mol. The van der Waals surface area contributed by atoms with Crippen molar-refractivity contribution >= 4 is 27.3 Å². The molecule has 1 saturated carbocycles. The Bertz CT molecular complexity index is 1100. The first kappa shape index (κ1) is 23.6. The summed E-state index contributed by atoms with van der Waals surface area (Å²) >= 11 is 0. The van der Waals surface area contributed by atoms with E-state index in [1.54, 1.807) is 12.1 Å². The number of ether oxygens (including phenoxy) is 2. The highest BCUT2D eigenvalue weighted by atomic mass is 32.2. The number of hydrogen-bond acceptors (Lipinski definition) is 6. The van der Waals surface area contributed by atoms with Gasteiger partial charge in [-0.05, 0) is 74.9 Å². The average Bonchev–Trinajstić information content (AvgIpc) is 3.28. The lowest BCUT2D eigenvalue weighted by Gasteiger charge is -2.25. The first-order valence-electron chi connectivity index (χ1n) is 10.4. The molecule has 0 aliphatic heterocycles. The van der Waals surface area contributed by atoms with Gasteiger partial charge in [0.15, 0.2) is 11.5 Å². The summed E-state index contributed by atoms with van der Waals surface area (Å²) in [4.78, 5) is 12.7. The minimum absolute atomic E-state index is 0.00999. The lowest BCUT2D eigenvalue weighted by atomic mass is 10.1. The Labute approximate surface area is 189 Å². The smallest absolute Gasteiger partial charge is 0.264 e. The highest BCUT2D eigenvalue weighted by molar-refractivity contribution is 7.92. The Hall–Kier alpha value is -3.07. The normalized spacial score (nSPS) is 13.6. The van der Waals surface area contributed by atoms with Gasteiger partial charge in [0, 0.05) is 11.8 Å². The van der Waals surface area contributed by atoms with Gasteiger partial charge in [0.2, 0.25) is 0 Å². The summed E-state index contributed by atoms with van der Waals surface area (Å²) in [6.07, 6.45) is 3.81. The molecule has 0 aromatic heterocycles. The molecule has 1 aliphatic carbocycles. The van der Waals surface area contributed by atoms with Crippen molar-refractivity contribution in [1.82, 2.24) is 5.43 Å². The van der Waals surface area contributed by atoms with Crippen LogP contribution in [-0.4, -0.2) is 40.8 Å². The second kappa shape index (κ2) is 10.0. The van der Waals surface area contributed by atoms with Crippen LogP contribution in [0.1, 0.15) is 36.8 Å². The molecule has 0 atom stereocenters. The zero-order valence-electron chi connectivity index (χ0n) is 18.8. The minimum atomic E-state index is -4.09. The molecule has 0 heterocycles. The Morgan fingerprint density at radius 2 is 1.62 bits per heavy atom. The Balaban J connectivity index is 1.99. The molecule has 32 heavy (non-hydrogen) atoms. The van der Waals surface area contributed by atoms with E-state index in [0.29, 0.717) is 11.4 Å². The SMILES string of the molecule is COc1ccc(S(=O)(=O)N(CC(=O)NN=C2CCCC2)c2cc(C)cc(C)c2)cc1OC. The third kappa shape index (κ3) is 5.40. The van der Waals surface area contributed by atoms with Gasteiger partial charge in [0.25, 0.3) is 15.9 Å². The van der Waals surface area contributed by atoms with E-state index in [1.807, 2.05) is 19.9 Å². The van der Waals surface area contributed by atoms with Crippen molar-refractivity contribution < 1.29 is 22.7 Å². The number of amides is 1. The monoisotopic (exact) mass is 459 g/mol. The van der Waals surface area contributed by atoms with Crippen molar-refractivity contribution in [3.05, 3.63) is 47.5 Å². The molecule has 2 aromatic carbocycles. The van der Waals surface area contributed by atoms with E-state index >= 15 is 0 Å². The van der Waals surface area contributed by atoms with E-state index in [0.717, 1.165) is 46.8 Å². The van der Waals surface area contributed by atoms with Gasteiger partial charge < -0.3 is 9.47 Å². The van der Waals surface area contributed by atoms with Crippen LogP contribution in [0.15, 0.2) is 46.4 Å². The van der Waals surface area contributed by atoms with Crippen molar-refractivity contribution in [1.29, 1.82) is 0 Å². The van der Waals surface area contributed by atoms with Crippen LogP contribution < -0.4 is 19.2 Å². The van der Waals surface area contributed by atoms with Crippen molar-refractivity contribution in [2.75, 3.05) is 25.1 Å². The van der Waals surface area contributed by atoms with Crippen LogP contribution in [0.25, 0.3) is 0 Å². The number of nitrogens with zero attached hydrogens (tertiary/aromatic N) is 2. The highest BCUT2D eigenvalue weighted by Crippen LogP contribution is 2.32. The Morgan fingerprint density at radius 3 is 2.22 bits per heavy atom. The number of hydrazone groups is 1. The molecule has 1 amide bonds. The number of hydrogen-bond donors (Lipinski definition) is 1. The average molecular weight is 460 g/mol. The summed E-state index contributed by atoms with van der Waals surface area (Å²) in [7, 11) is -1.18. The first-order valence-corrected chi connectivity index (χ1v) is 11.9. The molecule has 1 aliphatic rings. The molecule has 9 heteroatoms. The number of aryl methyl sites for hydroxylation is 2. The Morgan fingerprint density at radius 1 is 1.00 bits per heavy atom. The van der Waals surface area contributed by atoms with Gasteiger partial charge in [0.1, 0.15) is 6.54 Å². The summed E-state index contributed by atoms with van der Waals surface area (Å²) < 4.78 is 38.8. The molecule has 0 radical (unpaired) electrons. The molecule has 3 rings (SSSR count). The summed E-state index contributed by atoms with van der Waals surface area (Å²) in [5.74, 6) is 0.188. The van der Waals surface area contributed by atoms with Gasteiger partial charge in [-0.15, -0.1) is 0 Å². The number of carbonyl (C=O) groups excluding carboxylic acids is 1. The minimum Gasteiger partial charge on any atom is -0.493 e. The fourth-order valence-corrected chi connectivity index (χ4v) is 5.14. The van der Waals surface area contributed by atoms with Crippen LogP contribution in [0.5, 0.6) is 11.5 Å². The van der Waals surface area contributed by atoms with Crippen molar-refractivity contribution in [3.8, 4) is 11.5 Å². The van der Waals surface area contributed by atoms with Gasteiger partial charge in [-0.2, -0.15) is 5.10 Å². The second-order valence-electron chi connectivity index (χ2n) is 7.79. The number of methoxy groups -OCH3 is 2. The van der Waals surface area contributed by atoms with Gasteiger partial charge in [-0.3, -0.25) is 9.10 Å². The number of rotatable bonds is 8. The van der Waals surface area contributed by atoms with E-state index < -0.39 is 22.5 Å². The van der Waals surface area contributed by atoms with Crippen molar-refractivity contribution in [2.24, 2.45) is 5.10 Å². The van der Waals surface area contributed by atoms with Crippen LogP contribution in [0.3, 0.4) is 0 Å². The fourth-order valence-electron chi connectivity index (χ4n) is 3.72. The molecule has 8 nitrogen and oxygen atoms in total. The Kier molecular flexibility index (Phi) is 7.40. The molecule has 1 fully saturated rings. The number of anilines is 1. The fraction of sp³-hybridized carbons (Fsp3) is 0.391. The molecule has 1 N–H and O–H groups in total. The van der Waals surface area contributed by atoms with Crippen molar-refractivity contribution in [2.45, 2.75) is 44.4 Å². The maximum absolute atomic E-state index is 13.6. The standard InChI is InChI=1S/C23H29N3O5S/c1-16-11-17(2)13-19(12-16)26(15-23(27)25-24-18-7-5-6-8-18)32(28,29)20-9-10-21(30-3)22(14-20)31-4/h9-14H,5-8,15H2,1-4H3,(H,25,27). The third-order valence-electron chi connectivity index (χ3n) is 5.24. The number of carbonyl (C=O) groups is 1. The predicted octanol–water partition coefficient (Wildman–Crippen LogP) is 3.56. The van der Waals surface area contributed by atoms with Crippen molar-refractivity contribution in [3.63, 3.8) is 0 Å². The number of sulfonamides is 1. The zero-order chi connectivity index (χ0) is 23.3. The van der Waals surface area contributed by atoms with E-state index in [-0.39, 0.29) is 10.6 Å². The van der Waals surface area contributed by atoms with Crippen LogP contribution in [0.2, 0.25) is 0 Å². The van der Waals surface area contributed by atoms with E-state index in [4.69, 9.17) is 9.47 Å². The highest BCUT2D eigenvalue weighted by Gasteiger charge is 2.29. The summed E-state index contributed by atoms with van der Waals surface area (Å²) in [5.41, 5.74) is 5.63. The molecule has 0 bridgehead atoms. The number of benzene rings is 2. The van der Waals surface area contributed by atoms with E-state index in [9.17, 15) is 13.2 Å². The van der Waals surface area contributed by atoms with Crippen LogP contribution in [0, 0.1) is 13.8 Å². The topological polar surface area (TPSA) is 97.3 Å². The molecule has 0 saturated heterocycles. The maximum Gasteiger partial charge on any atom is 0.264 e. The second-order valence-corrected chi connectivity index (χ2v) is 9.66. The van der Waals surface area contributed by atoms with Gasteiger partial charge >= 0.3 is 0 Å². The summed E-state index contributed by atoms with van der Waals surface area (Å²) in [5, 5.41) is 4.17. The number of nitrogens with one attached hydrogen (secondary N) is 1. The first-order chi connectivity index (χ1) is 15.2. The maximum atomic E-state index is 13.6. The summed E-state index contributed by atoms with van der Waals surface area (Å²) in [6, 6.07) is 9.76. The van der Waals surface area contributed by atoms with E-state index in [2.05, 4.69) is 10.5 Å². The molecular formula is C23H29N3O5S. The molecule has 0 unspecified atom stereocenters. The van der Waals surface area contributed by atoms with Crippen LogP contribution >= 0.6 is 0 Å². The molecule has 172 valence electrons. The van der Waals surface area contributed by atoms with Gasteiger partial charge in [-0.25, -0.2) is 13.8 Å². The van der Waals surface area contributed by atoms with Gasteiger partial charge in [0.05, 0.1) is 24.8 Å². The predicted molar refractivity (Wildman–Crippen MR) is 124 cm³/mol. The zero-order valence-corrected chi connectivity index (χ0v) is 19.7.